The van der Waals surface area contributed by atoms with Crippen molar-refractivity contribution in [3.05, 3.63) is 71.5 Å². The van der Waals surface area contributed by atoms with E-state index < -0.39 is 5.97 Å². The second kappa shape index (κ2) is 12.0. The highest BCUT2D eigenvalue weighted by molar-refractivity contribution is 7.22. The van der Waals surface area contributed by atoms with Crippen molar-refractivity contribution in [1.29, 1.82) is 0 Å². The molecule has 7 nitrogen and oxygen atoms in total. The number of carboxylic acid groups (broad SMARTS) is 1. The SMILES string of the molecule is CCOc1cc(CN(c2nc3cc(C(=O)O)ccc3s2)C2CCNCC2)cc(OCC)c1-c1ccc(F)cc1. The van der Waals surface area contributed by atoms with Crippen LogP contribution in [0.15, 0.2) is 54.6 Å². The van der Waals surface area contributed by atoms with Crippen LogP contribution < -0.4 is 19.7 Å². The summed E-state index contributed by atoms with van der Waals surface area (Å²) in [6.07, 6.45) is 1.95. The van der Waals surface area contributed by atoms with E-state index in [4.69, 9.17) is 14.5 Å². The van der Waals surface area contributed by atoms with Gasteiger partial charge in [0, 0.05) is 12.6 Å². The van der Waals surface area contributed by atoms with Gasteiger partial charge in [-0.15, -0.1) is 0 Å². The molecule has 39 heavy (non-hydrogen) atoms. The van der Waals surface area contributed by atoms with Crippen LogP contribution in [0.4, 0.5) is 9.52 Å². The molecular weight excluding hydrogens is 517 g/mol. The van der Waals surface area contributed by atoms with Gasteiger partial charge >= 0.3 is 5.97 Å². The quantitative estimate of drug-likeness (QED) is 0.238. The number of aromatic carboxylic acids is 1. The van der Waals surface area contributed by atoms with E-state index in [0.29, 0.717) is 36.8 Å². The van der Waals surface area contributed by atoms with E-state index in [-0.39, 0.29) is 17.4 Å². The molecule has 3 aromatic carbocycles. The Kier molecular flexibility index (Phi) is 8.28. The maximum absolute atomic E-state index is 13.7. The smallest absolute Gasteiger partial charge is 0.335 e. The molecule has 1 aromatic heterocycles. The molecule has 0 amide bonds. The number of aromatic nitrogens is 1. The molecule has 0 saturated carbocycles. The van der Waals surface area contributed by atoms with Gasteiger partial charge in [-0.05, 0) is 93.4 Å². The van der Waals surface area contributed by atoms with Crippen LogP contribution >= 0.6 is 11.3 Å². The lowest BCUT2D eigenvalue weighted by Gasteiger charge is -2.35. The molecule has 1 aliphatic heterocycles. The number of ether oxygens (including phenoxy) is 2. The van der Waals surface area contributed by atoms with E-state index in [9.17, 15) is 14.3 Å². The number of fused-ring (bicyclic) bond motifs is 1. The van der Waals surface area contributed by atoms with Gasteiger partial charge in [0.05, 0.1) is 34.6 Å². The fraction of sp³-hybridized carbons (Fsp3) is 0.333. The largest absolute Gasteiger partial charge is 0.493 e. The molecule has 0 bridgehead atoms. The first-order valence-corrected chi connectivity index (χ1v) is 14.1. The van der Waals surface area contributed by atoms with Crippen molar-refractivity contribution in [2.75, 3.05) is 31.2 Å². The Hall–Kier alpha value is -3.69. The summed E-state index contributed by atoms with van der Waals surface area (Å²) in [5.74, 6) is 0.112. The van der Waals surface area contributed by atoms with Gasteiger partial charge in [-0.2, -0.15) is 0 Å². The minimum absolute atomic E-state index is 0.229. The van der Waals surface area contributed by atoms with Gasteiger partial charge in [-0.3, -0.25) is 0 Å². The fourth-order valence-electron chi connectivity index (χ4n) is 5.01. The maximum atomic E-state index is 13.7. The normalized spacial score (nSPS) is 13.9. The lowest BCUT2D eigenvalue weighted by atomic mass is 9.99. The minimum Gasteiger partial charge on any atom is -0.493 e. The molecule has 0 atom stereocenters. The van der Waals surface area contributed by atoms with Crippen LogP contribution in [0.3, 0.4) is 0 Å². The zero-order valence-electron chi connectivity index (χ0n) is 22.1. The molecule has 9 heteroatoms. The van der Waals surface area contributed by atoms with Gasteiger partial charge in [-0.1, -0.05) is 23.5 Å². The summed E-state index contributed by atoms with van der Waals surface area (Å²) in [7, 11) is 0. The van der Waals surface area contributed by atoms with Crippen molar-refractivity contribution in [2.45, 2.75) is 39.3 Å². The Morgan fingerprint density at radius 3 is 2.33 bits per heavy atom. The van der Waals surface area contributed by atoms with E-state index in [1.54, 1.807) is 35.6 Å². The number of benzene rings is 3. The summed E-state index contributed by atoms with van der Waals surface area (Å²) in [5.41, 5.74) is 3.55. The molecular formula is C30H32FN3O4S. The Bertz CT molecular complexity index is 1420. The van der Waals surface area contributed by atoms with E-state index in [1.165, 1.54) is 12.1 Å². The molecule has 4 aromatic rings. The number of hydrogen-bond donors (Lipinski definition) is 2. The number of thiazole rings is 1. The fourth-order valence-corrected chi connectivity index (χ4v) is 6.03. The Labute approximate surface area is 231 Å². The standard InChI is InChI=1S/C30H32FN3O4S/c1-3-37-25-15-19(16-26(38-4-2)28(25)20-5-8-22(31)9-6-20)18-34(23-11-13-32-14-12-23)30-33-24-17-21(29(35)36)7-10-27(24)39-30/h5-10,15-17,23,32H,3-4,11-14,18H2,1-2H3,(H,35,36). The number of carboxylic acids is 1. The molecule has 0 unspecified atom stereocenters. The molecule has 2 heterocycles. The highest BCUT2D eigenvalue weighted by Crippen LogP contribution is 2.41. The molecule has 1 saturated heterocycles. The number of rotatable bonds is 10. The van der Waals surface area contributed by atoms with E-state index in [1.807, 2.05) is 32.0 Å². The molecule has 0 spiro atoms. The van der Waals surface area contributed by atoms with Crippen LogP contribution in [-0.2, 0) is 6.54 Å². The summed E-state index contributed by atoms with van der Waals surface area (Å²) < 4.78 is 26.8. The number of hydrogen-bond acceptors (Lipinski definition) is 7. The Balaban J connectivity index is 1.57. The van der Waals surface area contributed by atoms with E-state index in [0.717, 1.165) is 52.5 Å². The van der Waals surface area contributed by atoms with Crippen LogP contribution in [0.1, 0.15) is 42.6 Å². The van der Waals surface area contributed by atoms with Crippen molar-refractivity contribution in [3.8, 4) is 22.6 Å². The van der Waals surface area contributed by atoms with Crippen LogP contribution in [-0.4, -0.2) is 48.4 Å². The second-order valence-electron chi connectivity index (χ2n) is 9.43. The van der Waals surface area contributed by atoms with Gasteiger partial charge < -0.3 is 24.8 Å². The molecule has 204 valence electrons. The average Bonchev–Trinajstić information content (AvgIpc) is 3.36. The first-order valence-electron chi connectivity index (χ1n) is 13.3. The topological polar surface area (TPSA) is 83.9 Å². The third-order valence-corrected chi connectivity index (χ3v) is 7.90. The van der Waals surface area contributed by atoms with E-state index in [2.05, 4.69) is 10.2 Å². The summed E-state index contributed by atoms with van der Waals surface area (Å²) >= 11 is 1.57. The third kappa shape index (κ3) is 5.99. The number of halogens is 1. The summed E-state index contributed by atoms with van der Waals surface area (Å²) in [5, 5.41) is 13.7. The average molecular weight is 550 g/mol. The molecule has 2 N–H and O–H groups in total. The summed E-state index contributed by atoms with van der Waals surface area (Å²) in [6.45, 7) is 7.26. The van der Waals surface area contributed by atoms with E-state index >= 15 is 0 Å². The van der Waals surface area contributed by atoms with Crippen molar-refractivity contribution in [3.63, 3.8) is 0 Å². The second-order valence-corrected chi connectivity index (χ2v) is 10.4. The summed E-state index contributed by atoms with van der Waals surface area (Å²) in [4.78, 5) is 18.7. The van der Waals surface area contributed by atoms with Crippen LogP contribution in [0, 0.1) is 5.82 Å². The zero-order chi connectivity index (χ0) is 27.4. The van der Waals surface area contributed by atoms with Crippen LogP contribution in [0.2, 0.25) is 0 Å². The number of nitrogens with one attached hydrogen (secondary N) is 1. The van der Waals surface area contributed by atoms with Crippen molar-refractivity contribution >= 4 is 32.7 Å². The number of piperidine rings is 1. The number of nitrogens with zero attached hydrogens (tertiary/aromatic N) is 2. The predicted molar refractivity (Wildman–Crippen MR) is 153 cm³/mol. The van der Waals surface area contributed by atoms with Gasteiger partial charge in [-0.25, -0.2) is 14.2 Å². The number of carbonyl (C=O) groups is 1. The van der Waals surface area contributed by atoms with Crippen molar-refractivity contribution in [2.24, 2.45) is 0 Å². The van der Waals surface area contributed by atoms with Crippen LogP contribution in [0.25, 0.3) is 21.3 Å². The molecule has 1 fully saturated rings. The Morgan fingerprint density at radius 2 is 1.72 bits per heavy atom. The molecule has 0 radical (unpaired) electrons. The maximum Gasteiger partial charge on any atom is 0.335 e. The monoisotopic (exact) mass is 549 g/mol. The van der Waals surface area contributed by atoms with Gasteiger partial charge in [0.15, 0.2) is 5.13 Å². The highest BCUT2D eigenvalue weighted by Gasteiger charge is 2.26. The highest BCUT2D eigenvalue weighted by atomic mass is 32.1. The van der Waals surface area contributed by atoms with Crippen molar-refractivity contribution in [1.82, 2.24) is 10.3 Å². The lowest BCUT2D eigenvalue weighted by Crippen LogP contribution is -2.43. The number of anilines is 1. The third-order valence-electron chi connectivity index (χ3n) is 6.83. The predicted octanol–water partition coefficient (Wildman–Crippen LogP) is 6.36. The minimum atomic E-state index is -0.963. The van der Waals surface area contributed by atoms with Crippen molar-refractivity contribution < 1.29 is 23.8 Å². The van der Waals surface area contributed by atoms with Crippen LogP contribution in [0.5, 0.6) is 11.5 Å². The first-order chi connectivity index (χ1) is 19.0. The molecule has 0 aliphatic carbocycles. The van der Waals surface area contributed by atoms with Gasteiger partial charge in [0.25, 0.3) is 0 Å². The van der Waals surface area contributed by atoms with Gasteiger partial charge in [0.2, 0.25) is 0 Å². The van der Waals surface area contributed by atoms with Gasteiger partial charge in [0.1, 0.15) is 17.3 Å². The Morgan fingerprint density at radius 1 is 1.05 bits per heavy atom. The molecule has 1 aliphatic rings. The molecule has 5 rings (SSSR count). The lowest BCUT2D eigenvalue weighted by molar-refractivity contribution is 0.0697. The zero-order valence-corrected chi connectivity index (χ0v) is 22.9. The first kappa shape index (κ1) is 26.9. The summed E-state index contributed by atoms with van der Waals surface area (Å²) in [6, 6.07) is 15.8.